The van der Waals surface area contributed by atoms with E-state index in [9.17, 15) is 0 Å². The SMILES string of the molecule is Cc1cc(C)c([Si](C)(C)c2c(C)cc(C)cc2C)c(C)c1. The Bertz CT molecular complexity index is 587. The van der Waals surface area contributed by atoms with E-state index in [-0.39, 0.29) is 0 Å². The van der Waals surface area contributed by atoms with Crippen LogP contribution in [0.1, 0.15) is 33.4 Å². The summed E-state index contributed by atoms with van der Waals surface area (Å²) >= 11 is 0. The van der Waals surface area contributed by atoms with E-state index in [1.54, 1.807) is 10.4 Å². The predicted octanol–water partition coefficient (Wildman–Crippen LogP) is 4.36. The van der Waals surface area contributed by atoms with Crippen LogP contribution >= 0.6 is 0 Å². The molecular formula is C20H28Si. The first-order chi connectivity index (χ1) is 9.64. The fraction of sp³-hybridized carbons (Fsp3) is 0.400. The van der Waals surface area contributed by atoms with Crippen molar-refractivity contribution in [2.75, 3.05) is 0 Å². The Kier molecular flexibility index (Phi) is 4.16. The van der Waals surface area contributed by atoms with Gasteiger partial charge in [0.2, 0.25) is 0 Å². The lowest BCUT2D eigenvalue weighted by Gasteiger charge is -2.31. The minimum Gasteiger partial charge on any atom is -0.0616 e. The summed E-state index contributed by atoms with van der Waals surface area (Å²) in [6.07, 6.45) is 0. The van der Waals surface area contributed by atoms with Crippen molar-refractivity contribution in [2.24, 2.45) is 0 Å². The van der Waals surface area contributed by atoms with Crippen LogP contribution in [0.4, 0.5) is 0 Å². The third kappa shape index (κ3) is 2.84. The van der Waals surface area contributed by atoms with E-state index in [4.69, 9.17) is 0 Å². The molecule has 21 heavy (non-hydrogen) atoms. The lowest BCUT2D eigenvalue weighted by molar-refractivity contribution is 1.32. The monoisotopic (exact) mass is 296 g/mol. The van der Waals surface area contributed by atoms with Crippen LogP contribution in [0.3, 0.4) is 0 Å². The molecule has 2 aromatic carbocycles. The van der Waals surface area contributed by atoms with Gasteiger partial charge < -0.3 is 0 Å². The Morgan fingerprint density at radius 3 is 1.00 bits per heavy atom. The van der Waals surface area contributed by atoms with Gasteiger partial charge in [-0.1, -0.05) is 70.7 Å². The van der Waals surface area contributed by atoms with Gasteiger partial charge in [-0.2, -0.15) is 0 Å². The standard InChI is InChI=1S/C20H28Si/c1-13-9-15(3)19(16(4)10-13)21(7,8)20-17(5)11-14(2)12-18(20)6/h9-12H,1-8H3. The number of aryl methyl sites for hydroxylation is 6. The third-order valence-corrected chi connectivity index (χ3v) is 8.68. The zero-order valence-corrected chi connectivity index (χ0v) is 15.8. The Balaban J connectivity index is 2.74. The second-order valence-corrected chi connectivity index (χ2v) is 11.4. The van der Waals surface area contributed by atoms with Crippen molar-refractivity contribution in [1.29, 1.82) is 0 Å². The van der Waals surface area contributed by atoms with Gasteiger partial charge in [0.05, 0.1) is 0 Å². The van der Waals surface area contributed by atoms with Crippen LogP contribution in [-0.2, 0) is 0 Å². The summed E-state index contributed by atoms with van der Waals surface area (Å²) in [5.74, 6) is 0. The van der Waals surface area contributed by atoms with Crippen LogP contribution in [0.2, 0.25) is 13.1 Å². The maximum Gasteiger partial charge on any atom is 0.113 e. The molecule has 0 saturated heterocycles. The van der Waals surface area contributed by atoms with Gasteiger partial charge >= 0.3 is 0 Å². The molecule has 0 aliphatic carbocycles. The van der Waals surface area contributed by atoms with Gasteiger partial charge in [0.15, 0.2) is 0 Å². The number of hydrogen-bond donors (Lipinski definition) is 0. The van der Waals surface area contributed by atoms with Crippen LogP contribution in [0.5, 0.6) is 0 Å². The number of hydrogen-bond acceptors (Lipinski definition) is 0. The number of benzene rings is 2. The molecule has 0 aliphatic rings. The van der Waals surface area contributed by atoms with Crippen LogP contribution < -0.4 is 10.4 Å². The van der Waals surface area contributed by atoms with Crippen LogP contribution in [0.25, 0.3) is 0 Å². The molecular weight excluding hydrogens is 268 g/mol. The molecule has 0 aromatic heterocycles. The lowest BCUT2D eigenvalue weighted by Crippen LogP contribution is -2.57. The topological polar surface area (TPSA) is 0 Å². The van der Waals surface area contributed by atoms with Gasteiger partial charge in [0, 0.05) is 0 Å². The summed E-state index contributed by atoms with van der Waals surface area (Å²) in [5.41, 5.74) is 8.59. The minimum absolute atomic E-state index is 1.37. The lowest BCUT2D eigenvalue weighted by atomic mass is 10.1. The van der Waals surface area contributed by atoms with Crippen molar-refractivity contribution in [3.8, 4) is 0 Å². The Hall–Kier alpha value is -1.34. The molecule has 0 N–H and O–H groups in total. The molecule has 0 nitrogen and oxygen atoms in total. The molecule has 0 fully saturated rings. The van der Waals surface area contributed by atoms with E-state index >= 15 is 0 Å². The highest BCUT2D eigenvalue weighted by molar-refractivity contribution is 7.01. The average Bonchev–Trinajstić information content (AvgIpc) is 2.23. The van der Waals surface area contributed by atoms with Crippen molar-refractivity contribution in [3.63, 3.8) is 0 Å². The van der Waals surface area contributed by atoms with Crippen molar-refractivity contribution >= 4 is 18.4 Å². The maximum atomic E-state index is 2.50. The third-order valence-electron chi connectivity index (χ3n) is 4.60. The smallest absolute Gasteiger partial charge is 0.0616 e. The van der Waals surface area contributed by atoms with E-state index < -0.39 is 8.07 Å². The fourth-order valence-corrected chi connectivity index (χ4v) is 8.94. The Labute approximate surface area is 131 Å². The molecule has 2 rings (SSSR count). The van der Waals surface area contributed by atoms with Crippen LogP contribution in [0.15, 0.2) is 24.3 Å². The van der Waals surface area contributed by atoms with E-state index in [1.807, 2.05) is 0 Å². The first-order valence-corrected chi connectivity index (χ1v) is 10.8. The van der Waals surface area contributed by atoms with Crippen LogP contribution in [-0.4, -0.2) is 8.07 Å². The Morgan fingerprint density at radius 1 is 0.524 bits per heavy atom. The molecule has 112 valence electrons. The van der Waals surface area contributed by atoms with E-state index in [2.05, 4.69) is 78.9 Å². The average molecular weight is 297 g/mol. The predicted molar refractivity (Wildman–Crippen MR) is 98.1 cm³/mol. The molecule has 1 heteroatoms. The highest BCUT2D eigenvalue weighted by Gasteiger charge is 2.32. The summed E-state index contributed by atoms with van der Waals surface area (Å²) in [6.45, 7) is 18.5. The maximum absolute atomic E-state index is 2.50. The van der Waals surface area contributed by atoms with Gasteiger partial charge in [-0.05, 0) is 51.9 Å². The molecule has 0 heterocycles. The molecule has 0 bridgehead atoms. The summed E-state index contributed by atoms with van der Waals surface area (Å²) < 4.78 is 0. The molecule has 0 saturated carbocycles. The molecule has 0 radical (unpaired) electrons. The largest absolute Gasteiger partial charge is 0.113 e. The highest BCUT2D eigenvalue weighted by Crippen LogP contribution is 2.18. The van der Waals surface area contributed by atoms with Gasteiger partial charge in [-0.25, -0.2) is 0 Å². The zero-order chi connectivity index (χ0) is 15.9. The zero-order valence-electron chi connectivity index (χ0n) is 14.8. The highest BCUT2D eigenvalue weighted by atomic mass is 28.3. The summed E-state index contributed by atoms with van der Waals surface area (Å²) in [4.78, 5) is 0. The van der Waals surface area contributed by atoms with Crippen molar-refractivity contribution in [2.45, 2.75) is 54.6 Å². The van der Waals surface area contributed by atoms with Crippen molar-refractivity contribution < 1.29 is 0 Å². The molecule has 0 spiro atoms. The second-order valence-electron chi connectivity index (χ2n) is 7.17. The fourth-order valence-electron chi connectivity index (χ4n) is 4.46. The number of rotatable bonds is 2. The van der Waals surface area contributed by atoms with Crippen molar-refractivity contribution in [1.82, 2.24) is 0 Å². The van der Waals surface area contributed by atoms with E-state index in [0.717, 1.165) is 0 Å². The summed E-state index contributed by atoms with van der Waals surface area (Å²) in [6, 6.07) is 9.37. The van der Waals surface area contributed by atoms with Gasteiger partial charge in [0.1, 0.15) is 8.07 Å². The van der Waals surface area contributed by atoms with E-state index in [0.29, 0.717) is 0 Å². The normalized spacial score (nSPS) is 11.8. The molecule has 0 amide bonds. The molecule has 0 atom stereocenters. The van der Waals surface area contributed by atoms with Gasteiger partial charge in [-0.3, -0.25) is 0 Å². The van der Waals surface area contributed by atoms with Crippen molar-refractivity contribution in [3.05, 3.63) is 57.6 Å². The molecule has 0 aliphatic heterocycles. The first-order valence-electron chi connectivity index (χ1n) is 7.81. The molecule has 2 aromatic rings. The quantitative estimate of drug-likeness (QED) is 0.722. The molecule has 0 unspecified atom stereocenters. The Morgan fingerprint density at radius 2 is 0.762 bits per heavy atom. The van der Waals surface area contributed by atoms with E-state index in [1.165, 1.54) is 33.4 Å². The van der Waals surface area contributed by atoms with Gasteiger partial charge in [-0.15, -0.1) is 0 Å². The summed E-state index contributed by atoms with van der Waals surface area (Å²) in [5, 5.41) is 3.23. The minimum atomic E-state index is -1.68. The van der Waals surface area contributed by atoms with Crippen LogP contribution in [0, 0.1) is 41.5 Å². The first kappa shape index (κ1) is 16.0. The van der Waals surface area contributed by atoms with Gasteiger partial charge in [0.25, 0.3) is 0 Å². The second kappa shape index (κ2) is 5.45. The summed E-state index contributed by atoms with van der Waals surface area (Å²) in [7, 11) is -1.68.